The molecule has 1 heterocycles. The molecule has 0 aliphatic carbocycles. The second-order valence-electron chi connectivity index (χ2n) is 4.78. The summed E-state index contributed by atoms with van der Waals surface area (Å²) in [5.74, 6) is -0.570. The van der Waals surface area contributed by atoms with Gasteiger partial charge in [-0.05, 0) is 32.9 Å². The van der Waals surface area contributed by atoms with E-state index in [2.05, 4.69) is 0 Å². The summed E-state index contributed by atoms with van der Waals surface area (Å²) < 4.78 is 28.2. The zero-order valence-corrected chi connectivity index (χ0v) is 11.7. The molecule has 2 rings (SSSR count). The minimum Gasteiger partial charge on any atom is -0.348 e. The Bertz CT molecular complexity index is 427. The molecule has 0 bridgehead atoms. The number of benzene rings is 1. The first-order chi connectivity index (χ1) is 8.46. The van der Waals surface area contributed by atoms with Crippen molar-refractivity contribution in [2.45, 2.75) is 37.6 Å². The lowest BCUT2D eigenvalue weighted by molar-refractivity contribution is -0.141. The van der Waals surface area contributed by atoms with E-state index in [1.165, 1.54) is 0 Å². The van der Waals surface area contributed by atoms with Crippen molar-refractivity contribution in [3.8, 4) is 0 Å². The first kappa shape index (κ1) is 13.7. The average molecular weight is 270 g/mol. The summed E-state index contributed by atoms with van der Waals surface area (Å²) in [6.45, 7) is 6.43. The summed E-state index contributed by atoms with van der Waals surface area (Å²) in [5.41, 5.74) is 1.13. The van der Waals surface area contributed by atoms with Gasteiger partial charge in [0, 0.05) is 0 Å². The van der Waals surface area contributed by atoms with E-state index >= 15 is 0 Å². The van der Waals surface area contributed by atoms with Gasteiger partial charge in [0.15, 0.2) is 16.9 Å². The van der Waals surface area contributed by atoms with Crippen LogP contribution in [-0.4, -0.2) is 29.3 Å². The van der Waals surface area contributed by atoms with E-state index < -0.39 is 16.9 Å². The fourth-order valence-electron chi connectivity index (χ4n) is 1.70. The second kappa shape index (κ2) is 5.48. The highest BCUT2D eigenvalue weighted by atomic mass is 32.2. The van der Waals surface area contributed by atoms with E-state index in [0.717, 1.165) is 5.56 Å². The third kappa shape index (κ3) is 3.62. The molecule has 1 saturated heterocycles. The first-order valence-electron chi connectivity index (χ1n) is 5.90. The molecule has 5 heteroatoms. The number of rotatable bonds is 4. The Labute approximate surface area is 110 Å². The summed E-state index contributed by atoms with van der Waals surface area (Å²) in [5, 5.41) is 0. The molecule has 1 fully saturated rings. The summed E-state index contributed by atoms with van der Waals surface area (Å²) in [6, 6.07) is 7.44. The minimum absolute atomic E-state index is 0.158. The smallest absolute Gasteiger partial charge is 0.189 e. The van der Waals surface area contributed by atoms with Crippen LogP contribution < -0.4 is 0 Å². The number of aryl methyl sites for hydroxylation is 1. The van der Waals surface area contributed by atoms with Crippen LogP contribution in [0.4, 0.5) is 0 Å². The van der Waals surface area contributed by atoms with Crippen molar-refractivity contribution in [1.82, 2.24) is 0 Å². The molecule has 1 aliphatic rings. The Balaban J connectivity index is 1.84. The van der Waals surface area contributed by atoms with Gasteiger partial charge in [-0.2, -0.15) is 0 Å². The summed E-state index contributed by atoms with van der Waals surface area (Å²) >= 11 is -1.45. The summed E-state index contributed by atoms with van der Waals surface area (Å²) in [7, 11) is 0. The van der Waals surface area contributed by atoms with Crippen molar-refractivity contribution >= 4 is 11.1 Å². The van der Waals surface area contributed by atoms with E-state index in [-0.39, 0.29) is 12.7 Å². The van der Waals surface area contributed by atoms with Crippen LogP contribution in [-0.2, 0) is 24.7 Å². The summed E-state index contributed by atoms with van der Waals surface area (Å²) in [6.07, 6.45) is -0.158. The van der Waals surface area contributed by atoms with Gasteiger partial charge in [-0.1, -0.05) is 17.7 Å². The lowest BCUT2D eigenvalue weighted by atomic mass is 10.2. The van der Waals surface area contributed by atoms with Crippen LogP contribution in [0.25, 0.3) is 0 Å². The van der Waals surface area contributed by atoms with Crippen LogP contribution in [0.3, 0.4) is 0 Å². The Morgan fingerprint density at radius 2 is 2.06 bits per heavy atom. The van der Waals surface area contributed by atoms with Crippen molar-refractivity contribution in [3.63, 3.8) is 0 Å². The Hall–Kier alpha value is -0.750. The van der Waals surface area contributed by atoms with E-state index in [1.807, 2.05) is 32.9 Å². The van der Waals surface area contributed by atoms with E-state index in [1.54, 1.807) is 12.1 Å². The van der Waals surface area contributed by atoms with Gasteiger partial charge >= 0.3 is 0 Å². The molecule has 0 saturated carbocycles. The van der Waals surface area contributed by atoms with Crippen LogP contribution >= 0.6 is 0 Å². The third-order valence-electron chi connectivity index (χ3n) is 2.64. The SMILES string of the molecule is Cc1ccc(S(=O)OCC2COC(C)(C)O2)cc1. The lowest BCUT2D eigenvalue weighted by Crippen LogP contribution is -2.24. The minimum atomic E-state index is -1.45. The molecule has 0 N–H and O–H groups in total. The number of hydrogen-bond donors (Lipinski definition) is 0. The molecule has 18 heavy (non-hydrogen) atoms. The van der Waals surface area contributed by atoms with Gasteiger partial charge in [-0.15, -0.1) is 0 Å². The van der Waals surface area contributed by atoms with Crippen LogP contribution in [0, 0.1) is 6.92 Å². The maximum absolute atomic E-state index is 11.9. The van der Waals surface area contributed by atoms with Gasteiger partial charge in [-0.3, -0.25) is 4.18 Å². The first-order valence-corrected chi connectivity index (χ1v) is 6.97. The zero-order valence-electron chi connectivity index (χ0n) is 10.8. The molecule has 0 amide bonds. The normalized spacial score (nSPS) is 24.1. The van der Waals surface area contributed by atoms with Crippen molar-refractivity contribution < 1.29 is 17.9 Å². The van der Waals surface area contributed by atoms with Crippen LogP contribution in [0.5, 0.6) is 0 Å². The van der Waals surface area contributed by atoms with Crippen LogP contribution in [0.2, 0.25) is 0 Å². The zero-order chi connectivity index (χ0) is 13.2. The topological polar surface area (TPSA) is 44.8 Å². The molecule has 100 valence electrons. The molecule has 4 nitrogen and oxygen atoms in total. The van der Waals surface area contributed by atoms with Gasteiger partial charge < -0.3 is 9.47 Å². The van der Waals surface area contributed by atoms with E-state index in [0.29, 0.717) is 11.5 Å². The van der Waals surface area contributed by atoms with Crippen molar-refractivity contribution in [2.24, 2.45) is 0 Å². The predicted molar refractivity (Wildman–Crippen MR) is 68.4 cm³/mol. The average Bonchev–Trinajstić information content (AvgIpc) is 2.67. The largest absolute Gasteiger partial charge is 0.348 e. The standard InChI is InChI=1S/C13H18O4S/c1-10-4-6-12(7-5-10)18(14)16-9-11-8-15-13(2,3)17-11/h4-7,11H,8-9H2,1-3H3. The van der Waals surface area contributed by atoms with E-state index in [4.69, 9.17) is 13.7 Å². The quantitative estimate of drug-likeness (QED) is 0.841. The lowest BCUT2D eigenvalue weighted by Gasteiger charge is -2.16. The molecule has 2 atom stereocenters. The molecule has 0 spiro atoms. The predicted octanol–water partition coefficient (Wildman–Crippen LogP) is 2.19. The fourth-order valence-corrected chi connectivity index (χ4v) is 2.47. The highest BCUT2D eigenvalue weighted by molar-refractivity contribution is 7.80. The molecular formula is C13H18O4S. The van der Waals surface area contributed by atoms with Gasteiger partial charge in [0.2, 0.25) is 0 Å². The number of ether oxygens (including phenoxy) is 2. The van der Waals surface area contributed by atoms with Gasteiger partial charge in [0.1, 0.15) is 6.10 Å². The van der Waals surface area contributed by atoms with Crippen molar-refractivity contribution in [3.05, 3.63) is 29.8 Å². The van der Waals surface area contributed by atoms with Crippen molar-refractivity contribution in [1.29, 1.82) is 0 Å². The monoisotopic (exact) mass is 270 g/mol. The Morgan fingerprint density at radius 3 is 2.61 bits per heavy atom. The second-order valence-corrected chi connectivity index (χ2v) is 5.96. The van der Waals surface area contributed by atoms with Crippen LogP contribution in [0.1, 0.15) is 19.4 Å². The molecule has 1 aliphatic heterocycles. The van der Waals surface area contributed by atoms with Gasteiger partial charge in [0.05, 0.1) is 18.1 Å². The molecule has 2 unspecified atom stereocenters. The highest BCUT2D eigenvalue weighted by Gasteiger charge is 2.33. The molecule has 1 aromatic rings. The molecule has 0 aromatic heterocycles. The van der Waals surface area contributed by atoms with E-state index in [9.17, 15) is 4.21 Å². The highest BCUT2D eigenvalue weighted by Crippen LogP contribution is 2.22. The third-order valence-corrected chi connectivity index (χ3v) is 3.65. The van der Waals surface area contributed by atoms with Crippen molar-refractivity contribution in [2.75, 3.05) is 13.2 Å². The number of hydrogen-bond acceptors (Lipinski definition) is 4. The molecule has 0 radical (unpaired) electrons. The maximum atomic E-state index is 11.9. The maximum Gasteiger partial charge on any atom is 0.189 e. The molecule has 1 aromatic carbocycles. The fraction of sp³-hybridized carbons (Fsp3) is 0.538. The Morgan fingerprint density at radius 1 is 1.39 bits per heavy atom. The van der Waals surface area contributed by atoms with Gasteiger partial charge in [-0.25, -0.2) is 4.21 Å². The summed E-state index contributed by atoms with van der Waals surface area (Å²) in [4.78, 5) is 0.666. The molecular weight excluding hydrogens is 252 g/mol. The van der Waals surface area contributed by atoms with Crippen LogP contribution in [0.15, 0.2) is 29.2 Å². The van der Waals surface area contributed by atoms with Gasteiger partial charge in [0.25, 0.3) is 0 Å². The Kier molecular flexibility index (Phi) is 4.17.